The maximum atomic E-state index is 12.4. The molecule has 1 aromatic heterocycles. The van der Waals surface area contributed by atoms with Crippen LogP contribution in [0.4, 0.5) is 0 Å². The number of fused-ring (bicyclic) bond motifs is 1. The molecular weight excluding hydrogens is 320 g/mol. The highest BCUT2D eigenvalue weighted by Gasteiger charge is 2.20. The summed E-state index contributed by atoms with van der Waals surface area (Å²) in [5.41, 5.74) is 0.669. The number of amides is 1. The highest BCUT2D eigenvalue weighted by atomic mass is 79.9. The van der Waals surface area contributed by atoms with E-state index in [0.717, 1.165) is 35.5 Å². The average Bonchev–Trinajstić information content (AvgIpc) is 3.03. The van der Waals surface area contributed by atoms with Crippen LogP contribution in [0, 0.1) is 0 Å². The number of carbonyl (C=O) groups excluding carboxylic acids is 1. The molecule has 20 heavy (non-hydrogen) atoms. The lowest BCUT2D eigenvalue weighted by Crippen LogP contribution is -2.27. The van der Waals surface area contributed by atoms with E-state index in [-0.39, 0.29) is 5.91 Å². The topological polar surface area (TPSA) is 51.0 Å². The van der Waals surface area contributed by atoms with Gasteiger partial charge in [-0.25, -0.2) is 0 Å². The maximum absolute atomic E-state index is 12.4. The summed E-state index contributed by atoms with van der Waals surface area (Å²) < 4.78 is 3.02. The summed E-state index contributed by atoms with van der Waals surface area (Å²) in [6, 6.07) is 7.41. The lowest BCUT2D eigenvalue weighted by molar-refractivity contribution is 0.0780. The number of benzene rings is 1. The molecular formula is C14H15BrN4O. The Morgan fingerprint density at radius 2 is 2.30 bits per heavy atom. The van der Waals surface area contributed by atoms with Crippen molar-refractivity contribution in [2.45, 2.75) is 25.9 Å². The molecule has 1 amide bonds. The molecule has 0 radical (unpaired) electrons. The molecule has 0 saturated carbocycles. The molecule has 6 heteroatoms. The summed E-state index contributed by atoms with van der Waals surface area (Å²) in [5.74, 6) is 1.88. The quantitative estimate of drug-likeness (QED) is 0.865. The van der Waals surface area contributed by atoms with Gasteiger partial charge in [-0.1, -0.05) is 22.0 Å². The van der Waals surface area contributed by atoms with Crippen LogP contribution in [-0.2, 0) is 19.5 Å². The third-order valence-electron chi connectivity index (χ3n) is 3.48. The van der Waals surface area contributed by atoms with Gasteiger partial charge in [-0.05, 0) is 24.6 Å². The number of halogens is 1. The zero-order chi connectivity index (χ0) is 14.1. The monoisotopic (exact) mass is 334 g/mol. The number of rotatable bonds is 3. The molecule has 2 aromatic rings. The molecule has 5 nitrogen and oxygen atoms in total. The minimum absolute atomic E-state index is 0.0124. The van der Waals surface area contributed by atoms with Crippen molar-refractivity contribution in [3.05, 3.63) is 46.0 Å². The minimum Gasteiger partial charge on any atom is -0.334 e. The van der Waals surface area contributed by atoms with Crippen molar-refractivity contribution in [1.82, 2.24) is 19.7 Å². The molecule has 104 valence electrons. The Balaban J connectivity index is 1.76. The summed E-state index contributed by atoms with van der Waals surface area (Å²) in [6.07, 6.45) is 2.09. The van der Waals surface area contributed by atoms with Gasteiger partial charge in [0.1, 0.15) is 5.82 Å². The van der Waals surface area contributed by atoms with Crippen molar-refractivity contribution in [3.8, 4) is 0 Å². The first-order chi connectivity index (χ1) is 9.65. The summed E-state index contributed by atoms with van der Waals surface area (Å²) >= 11 is 3.38. The van der Waals surface area contributed by atoms with Crippen LogP contribution >= 0.6 is 15.9 Å². The van der Waals surface area contributed by atoms with Crippen LogP contribution in [0.25, 0.3) is 0 Å². The average molecular weight is 335 g/mol. The number of hydrogen-bond donors (Lipinski definition) is 0. The van der Waals surface area contributed by atoms with E-state index in [1.807, 2.05) is 24.3 Å². The lowest BCUT2D eigenvalue weighted by Gasteiger charge is -2.17. The van der Waals surface area contributed by atoms with Gasteiger partial charge < -0.3 is 9.47 Å². The number of nitrogens with zero attached hydrogens (tertiary/aromatic N) is 4. The van der Waals surface area contributed by atoms with Gasteiger partial charge in [0, 0.05) is 30.0 Å². The molecule has 1 aliphatic heterocycles. The van der Waals surface area contributed by atoms with Crippen molar-refractivity contribution in [2.75, 3.05) is 7.05 Å². The van der Waals surface area contributed by atoms with Crippen molar-refractivity contribution in [3.63, 3.8) is 0 Å². The molecule has 0 fully saturated rings. The van der Waals surface area contributed by atoms with E-state index in [0.29, 0.717) is 12.1 Å². The van der Waals surface area contributed by atoms with E-state index >= 15 is 0 Å². The van der Waals surface area contributed by atoms with Crippen molar-refractivity contribution in [1.29, 1.82) is 0 Å². The Morgan fingerprint density at radius 3 is 3.10 bits per heavy atom. The Morgan fingerprint density at radius 1 is 1.45 bits per heavy atom. The van der Waals surface area contributed by atoms with Crippen molar-refractivity contribution < 1.29 is 4.79 Å². The number of aromatic nitrogens is 3. The van der Waals surface area contributed by atoms with Crippen LogP contribution in [0.15, 0.2) is 28.7 Å². The second-order valence-electron chi connectivity index (χ2n) is 4.96. The van der Waals surface area contributed by atoms with Crippen LogP contribution < -0.4 is 0 Å². The van der Waals surface area contributed by atoms with Gasteiger partial charge in [-0.2, -0.15) is 0 Å². The van der Waals surface area contributed by atoms with Gasteiger partial charge in [0.25, 0.3) is 5.91 Å². The molecule has 0 aliphatic carbocycles. The second-order valence-corrected chi connectivity index (χ2v) is 5.87. The fourth-order valence-corrected chi connectivity index (χ4v) is 2.85. The molecule has 1 aromatic carbocycles. The third kappa shape index (κ3) is 2.47. The summed E-state index contributed by atoms with van der Waals surface area (Å²) in [7, 11) is 1.79. The summed E-state index contributed by atoms with van der Waals surface area (Å²) in [4.78, 5) is 14.0. The SMILES string of the molecule is CN(Cc1nnc2n1CCC2)C(=O)c1cccc(Br)c1. The fourth-order valence-electron chi connectivity index (χ4n) is 2.45. The third-order valence-corrected chi connectivity index (χ3v) is 3.98. The van der Waals surface area contributed by atoms with E-state index in [2.05, 4.69) is 30.7 Å². The lowest BCUT2D eigenvalue weighted by atomic mass is 10.2. The Hall–Kier alpha value is -1.69. The number of hydrogen-bond acceptors (Lipinski definition) is 3. The molecule has 0 spiro atoms. The van der Waals surface area contributed by atoms with E-state index in [1.165, 1.54) is 0 Å². The normalized spacial score (nSPS) is 13.3. The zero-order valence-corrected chi connectivity index (χ0v) is 12.8. The van der Waals surface area contributed by atoms with Gasteiger partial charge in [0.15, 0.2) is 5.82 Å². The second kappa shape index (κ2) is 5.36. The largest absolute Gasteiger partial charge is 0.334 e. The molecule has 2 heterocycles. The van der Waals surface area contributed by atoms with Crippen LogP contribution in [-0.4, -0.2) is 32.6 Å². The van der Waals surface area contributed by atoms with E-state index < -0.39 is 0 Å². The smallest absolute Gasteiger partial charge is 0.254 e. The van der Waals surface area contributed by atoms with Crippen molar-refractivity contribution >= 4 is 21.8 Å². The van der Waals surface area contributed by atoms with Gasteiger partial charge in [0.05, 0.1) is 6.54 Å². The van der Waals surface area contributed by atoms with Gasteiger partial charge in [-0.3, -0.25) is 4.79 Å². The number of aryl methyl sites for hydroxylation is 1. The van der Waals surface area contributed by atoms with Crippen molar-refractivity contribution in [2.24, 2.45) is 0 Å². The minimum atomic E-state index is -0.0124. The Labute approximate surface area is 125 Å². The van der Waals surface area contributed by atoms with E-state index in [4.69, 9.17) is 0 Å². The molecule has 0 bridgehead atoms. The van der Waals surface area contributed by atoms with E-state index in [9.17, 15) is 4.79 Å². The summed E-state index contributed by atoms with van der Waals surface area (Å²) in [6.45, 7) is 1.44. The first-order valence-electron chi connectivity index (χ1n) is 6.57. The predicted molar refractivity (Wildman–Crippen MR) is 78.3 cm³/mol. The maximum Gasteiger partial charge on any atom is 0.254 e. The molecule has 0 N–H and O–H groups in total. The molecule has 0 saturated heterocycles. The first kappa shape index (κ1) is 13.3. The van der Waals surface area contributed by atoms with Crippen LogP contribution in [0.5, 0.6) is 0 Å². The van der Waals surface area contributed by atoms with E-state index in [1.54, 1.807) is 11.9 Å². The fraction of sp³-hybridized carbons (Fsp3) is 0.357. The summed E-state index contributed by atoms with van der Waals surface area (Å²) in [5, 5.41) is 8.34. The van der Waals surface area contributed by atoms with Gasteiger partial charge in [-0.15, -0.1) is 10.2 Å². The molecule has 0 atom stereocenters. The molecule has 0 unspecified atom stereocenters. The standard InChI is InChI=1S/C14H15BrN4O/c1-18(14(20)10-4-2-5-11(15)8-10)9-13-17-16-12-6-3-7-19(12)13/h2,4-5,8H,3,6-7,9H2,1H3. The first-order valence-corrected chi connectivity index (χ1v) is 7.36. The van der Waals surface area contributed by atoms with Gasteiger partial charge in [0.2, 0.25) is 0 Å². The van der Waals surface area contributed by atoms with Crippen LogP contribution in [0.2, 0.25) is 0 Å². The van der Waals surface area contributed by atoms with Crippen LogP contribution in [0.3, 0.4) is 0 Å². The highest BCUT2D eigenvalue weighted by molar-refractivity contribution is 9.10. The zero-order valence-electron chi connectivity index (χ0n) is 11.2. The van der Waals surface area contributed by atoms with Gasteiger partial charge >= 0.3 is 0 Å². The predicted octanol–water partition coefficient (Wildman–Crippen LogP) is 2.26. The highest BCUT2D eigenvalue weighted by Crippen LogP contribution is 2.17. The molecule has 1 aliphatic rings. The van der Waals surface area contributed by atoms with Crippen LogP contribution in [0.1, 0.15) is 28.4 Å². The number of carbonyl (C=O) groups is 1. The Bertz CT molecular complexity index is 652. The molecule has 3 rings (SSSR count). The Kier molecular flexibility index (Phi) is 3.56.